The van der Waals surface area contributed by atoms with Crippen LogP contribution in [0.25, 0.3) is 0 Å². The van der Waals surface area contributed by atoms with Crippen molar-refractivity contribution in [3.8, 4) is 5.75 Å². The molecule has 0 aromatic heterocycles. The molecule has 3 N–H and O–H groups in total. The first kappa shape index (κ1) is 9.03. The third kappa shape index (κ3) is 1.96. The van der Waals surface area contributed by atoms with Gasteiger partial charge in [-0.25, -0.2) is 0 Å². The van der Waals surface area contributed by atoms with Gasteiger partial charge in [0.25, 0.3) is 0 Å². The van der Waals surface area contributed by atoms with E-state index in [4.69, 9.17) is 10.5 Å². The zero-order valence-corrected chi connectivity index (χ0v) is 7.03. The molecule has 0 heterocycles. The van der Waals surface area contributed by atoms with Crippen molar-refractivity contribution in [3.63, 3.8) is 0 Å². The third-order valence-corrected chi connectivity index (χ3v) is 1.70. The monoisotopic (exact) mass is 167 g/mol. The second-order valence-corrected chi connectivity index (χ2v) is 2.53. The lowest BCUT2D eigenvalue weighted by atomic mass is 10.1. The van der Waals surface area contributed by atoms with Crippen molar-refractivity contribution in [2.45, 2.75) is 6.10 Å². The molecule has 0 unspecified atom stereocenters. The van der Waals surface area contributed by atoms with Crippen LogP contribution in [0.3, 0.4) is 0 Å². The maximum Gasteiger partial charge on any atom is 0.119 e. The molecule has 0 radical (unpaired) electrons. The fourth-order valence-corrected chi connectivity index (χ4v) is 0.985. The van der Waals surface area contributed by atoms with Crippen LogP contribution in [0.15, 0.2) is 24.3 Å². The molecule has 66 valence electrons. The Labute approximate surface area is 71.8 Å². The van der Waals surface area contributed by atoms with Crippen LogP contribution in [0.4, 0.5) is 0 Å². The van der Waals surface area contributed by atoms with Crippen LogP contribution < -0.4 is 10.5 Å². The number of methoxy groups -OCH3 is 1. The zero-order valence-electron chi connectivity index (χ0n) is 7.03. The van der Waals surface area contributed by atoms with Gasteiger partial charge in [0.05, 0.1) is 13.2 Å². The summed E-state index contributed by atoms with van der Waals surface area (Å²) < 4.78 is 5.00. The zero-order chi connectivity index (χ0) is 8.97. The Kier molecular flexibility index (Phi) is 3.08. The highest BCUT2D eigenvalue weighted by Crippen LogP contribution is 2.17. The van der Waals surface area contributed by atoms with Gasteiger partial charge in [0.1, 0.15) is 5.75 Å². The van der Waals surface area contributed by atoms with E-state index in [0.29, 0.717) is 0 Å². The molecule has 0 saturated carbocycles. The van der Waals surface area contributed by atoms with Crippen molar-refractivity contribution in [1.82, 2.24) is 0 Å². The minimum Gasteiger partial charge on any atom is -0.497 e. The number of hydrogen-bond donors (Lipinski definition) is 2. The van der Waals surface area contributed by atoms with E-state index in [-0.39, 0.29) is 6.54 Å². The maximum absolute atomic E-state index is 9.37. The van der Waals surface area contributed by atoms with Crippen molar-refractivity contribution >= 4 is 0 Å². The van der Waals surface area contributed by atoms with Crippen LogP contribution in [0.5, 0.6) is 5.75 Å². The van der Waals surface area contributed by atoms with Gasteiger partial charge < -0.3 is 15.6 Å². The predicted octanol–water partition coefficient (Wildman–Crippen LogP) is 0.687. The average Bonchev–Trinajstić information content (AvgIpc) is 2.17. The minimum absolute atomic E-state index is 0.229. The second-order valence-electron chi connectivity index (χ2n) is 2.53. The summed E-state index contributed by atoms with van der Waals surface area (Å²) in [4.78, 5) is 0. The molecular weight excluding hydrogens is 154 g/mol. The molecule has 1 rings (SSSR count). The second kappa shape index (κ2) is 4.09. The van der Waals surface area contributed by atoms with Crippen LogP contribution in [-0.4, -0.2) is 18.8 Å². The Balaban J connectivity index is 2.86. The Bertz CT molecular complexity index is 250. The minimum atomic E-state index is -0.597. The molecule has 0 bridgehead atoms. The maximum atomic E-state index is 9.37. The van der Waals surface area contributed by atoms with Gasteiger partial charge in [0, 0.05) is 6.54 Å². The van der Waals surface area contributed by atoms with Crippen LogP contribution in [0.1, 0.15) is 11.7 Å². The van der Waals surface area contributed by atoms with Gasteiger partial charge in [0.2, 0.25) is 0 Å². The van der Waals surface area contributed by atoms with Crippen molar-refractivity contribution in [2.75, 3.05) is 13.7 Å². The fraction of sp³-hybridized carbons (Fsp3) is 0.333. The molecule has 0 aliphatic carbocycles. The van der Waals surface area contributed by atoms with Crippen molar-refractivity contribution < 1.29 is 9.84 Å². The first-order valence-electron chi connectivity index (χ1n) is 3.80. The lowest BCUT2D eigenvalue weighted by molar-refractivity contribution is 0.186. The van der Waals surface area contributed by atoms with E-state index in [1.165, 1.54) is 0 Å². The molecule has 0 aliphatic heterocycles. The fourth-order valence-electron chi connectivity index (χ4n) is 0.985. The number of hydrogen-bond acceptors (Lipinski definition) is 3. The number of aliphatic hydroxyl groups is 1. The number of rotatable bonds is 3. The topological polar surface area (TPSA) is 55.5 Å². The first-order valence-corrected chi connectivity index (χ1v) is 3.80. The normalized spacial score (nSPS) is 12.6. The van der Waals surface area contributed by atoms with Gasteiger partial charge in [-0.15, -0.1) is 0 Å². The standard InChI is InChI=1S/C9H13NO2/c1-12-8-4-2-3-7(5-8)9(11)6-10/h2-5,9,11H,6,10H2,1H3/t9-/m1/s1. The molecule has 0 aliphatic rings. The highest BCUT2D eigenvalue weighted by atomic mass is 16.5. The van der Waals surface area contributed by atoms with Crippen LogP contribution in [0, 0.1) is 0 Å². The summed E-state index contributed by atoms with van der Waals surface area (Å²) >= 11 is 0. The summed E-state index contributed by atoms with van der Waals surface area (Å²) in [7, 11) is 1.59. The summed E-state index contributed by atoms with van der Waals surface area (Å²) in [6.07, 6.45) is -0.597. The molecule has 3 heteroatoms. The van der Waals surface area contributed by atoms with Crippen LogP contribution in [-0.2, 0) is 0 Å². The summed E-state index contributed by atoms with van der Waals surface area (Å²) in [5.74, 6) is 0.736. The highest BCUT2D eigenvalue weighted by Gasteiger charge is 2.04. The average molecular weight is 167 g/mol. The molecule has 0 spiro atoms. The Hall–Kier alpha value is -1.06. The third-order valence-electron chi connectivity index (χ3n) is 1.70. The number of benzene rings is 1. The largest absolute Gasteiger partial charge is 0.497 e. The van der Waals surface area contributed by atoms with E-state index in [1.807, 2.05) is 18.2 Å². The SMILES string of the molecule is COc1cccc([C@H](O)CN)c1. The predicted molar refractivity (Wildman–Crippen MR) is 47.0 cm³/mol. The van der Waals surface area contributed by atoms with Gasteiger partial charge in [-0.1, -0.05) is 12.1 Å². The molecule has 0 amide bonds. The van der Waals surface area contributed by atoms with Gasteiger partial charge in [-0.2, -0.15) is 0 Å². The lowest BCUT2D eigenvalue weighted by Gasteiger charge is -2.08. The molecule has 12 heavy (non-hydrogen) atoms. The Morgan fingerprint density at radius 3 is 2.92 bits per heavy atom. The van der Waals surface area contributed by atoms with E-state index >= 15 is 0 Å². The number of nitrogens with two attached hydrogens (primary N) is 1. The highest BCUT2D eigenvalue weighted by molar-refractivity contribution is 5.29. The molecule has 0 saturated heterocycles. The van der Waals surface area contributed by atoms with E-state index in [0.717, 1.165) is 11.3 Å². The molecule has 3 nitrogen and oxygen atoms in total. The number of aliphatic hydroxyl groups excluding tert-OH is 1. The van der Waals surface area contributed by atoms with E-state index in [2.05, 4.69) is 0 Å². The molecular formula is C9H13NO2. The Morgan fingerprint density at radius 2 is 2.33 bits per heavy atom. The van der Waals surface area contributed by atoms with Gasteiger partial charge in [-0.05, 0) is 17.7 Å². The lowest BCUT2D eigenvalue weighted by Crippen LogP contribution is -2.11. The first-order chi connectivity index (χ1) is 5.77. The van der Waals surface area contributed by atoms with Crippen LogP contribution >= 0.6 is 0 Å². The van der Waals surface area contributed by atoms with E-state index in [9.17, 15) is 5.11 Å². The smallest absolute Gasteiger partial charge is 0.119 e. The summed E-state index contributed by atoms with van der Waals surface area (Å²) in [5.41, 5.74) is 6.09. The van der Waals surface area contributed by atoms with Gasteiger partial charge in [-0.3, -0.25) is 0 Å². The van der Waals surface area contributed by atoms with Crippen LogP contribution in [0.2, 0.25) is 0 Å². The van der Waals surface area contributed by atoms with Crippen molar-refractivity contribution in [2.24, 2.45) is 5.73 Å². The van der Waals surface area contributed by atoms with Crippen molar-refractivity contribution in [3.05, 3.63) is 29.8 Å². The van der Waals surface area contributed by atoms with Crippen molar-refractivity contribution in [1.29, 1.82) is 0 Å². The quantitative estimate of drug-likeness (QED) is 0.696. The molecule has 0 fully saturated rings. The molecule has 1 aromatic rings. The summed E-state index contributed by atoms with van der Waals surface area (Å²) in [6.45, 7) is 0.229. The van der Waals surface area contributed by atoms with E-state index in [1.54, 1.807) is 13.2 Å². The molecule has 1 atom stereocenters. The number of ether oxygens (including phenoxy) is 1. The Morgan fingerprint density at radius 1 is 1.58 bits per heavy atom. The van der Waals surface area contributed by atoms with Gasteiger partial charge >= 0.3 is 0 Å². The molecule has 1 aromatic carbocycles. The summed E-state index contributed by atoms with van der Waals surface area (Å²) in [6, 6.07) is 7.25. The summed E-state index contributed by atoms with van der Waals surface area (Å²) in [5, 5.41) is 9.37. The van der Waals surface area contributed by atoms with Gasteiger partial charge in [0.15, 0.2) is 0 Å². The van der Waals surface area contributed by atoms with E-state index < -0.39 is 6.10 Å².